The Morgan fingerprint density at radius 2 is 0.844 bits per heavy atom. The van der Waals surface area contributed by atoms with Gasteiger partial charge < -0.3 is 123 Å². The molecule has 8 amide bonds. The van der Waals surface area contributed by atoms with Crippen LogP contribution in [0, 0.1) is 27.7 Å². The van der Waals surface area contributed by atoms with Gasteiger partial charge in [0.1, 0.15) is 46.8 Å². The van der Waals surface area contributed by atoms with Gasteiger partial charge in [-0.3, -0.25) is 57.5 Å². The van der Waals surface area contributed by atoms with E-state index in [9.17, 15) is 102 Å². The maximum absolute atomic E-state index is 13.9. The second kappa shape index (κ2) is 45.5. The van der Waals surface area contributed by atoms with Crippen molar-refractivity contribution in [2.45, 2.75) is 119 Å². The van der Waals surface area contributed by atoms with Gasteiger partial charge in [0.15, 0.2) is 0 Å². The number of carbonyl (C=O) groups is 10. The van der Waals surface area contributed by atoms with Gasteiger partial charge in [0.25, 0.3) is 11.8 Å². The highest BCUT2D eigenvalue weighted by Gasteiger charge is 2.35. The smallest absolute Gasteiger partial charge is 0.325 e. The molecule has 0 fully saturated rings. The summed E-state index contributed by atoms with van der Waals surface area (Å²) in [6.07, 6.45) is 8.43. The normalized spacial score (nSPS) is 13.2. The first-order valence-electron chi connectivity index (χ1n) is 39.6. The van der Waals surface area contributed by atoms with Crippen molar-refractivity contribution in [1.29, 1.82) is 0 Å². The summed E-state index contributed by atoms with van der Waals surface area (Å²) in [5.41, 5.74) is 7.76. The van der Waals surface area contributed by atoms with Crippen LogP contribution in [-0.2, 0) is 109 Å². The fraction of sp³-hybridized carbons (Fsp3) is 0.418. The molecular formula is C79H107N19O26S4. The summed E-state index contributed by atoms with van der Waals surface area (Å²) in [7, 11) is -8.93. The minimum atomic E-state index is -4.52. The van der Waals surface area contributed by atoms with Crippen LogP contribution < -0.4 is 88.7 Å². The molecule has 0 unspecified atom stereocenters. The van der Waals surface area contributed by atoms with Gasteiger partial charge >= 0.3 is 11.9 Å². The first-order valence-corrected chi connectivity index (χ1v) is 45.9. The molecule has 8 aromatic rings. The lowest BCUT2D eigenvalue weighted by Crippen LogP contribution is -2.54. The van der Waals surface area contributed by atoms with Crippen molar-refractivity contribution in [3.63, 3.8) is 0 Å². The standard InChI is InChI=1S/C79H107N19O26S4/c1-45-31-51(32-46(2)69(45)127(117,118)93-58(76(109)121-9)39-87-71(104)55-41-97(7)62-35-49(15-17-53(62)67(55)102)37-89-78-85-25-27-95(78)5)123-29-11-13-64(99)81-21-23-83-74(107)60(43-125(111,112)113)91-66(101)20-19-57(80)73(106)92-61(44-126(114,115)116)75(108)84-24-22-82-65(100)14-12-30-124-52-33-47(3)70(48(4)34-52)128(119,120)94-59(77(110)122-10)40-88-72(105)56-42-98(8)63-36-50(16-18-54(63)68(56)103)38-90-79-86-26-28-96(79)6/h15-18,25-28,31-36,41-42,57-61,93-94,111-116H,11-14,19-24,29-30,37-40,43-44,80H2,1-10H3,(H,81,99)(H,82,100)(H,83,107)(H,84,108)(H,85,89)(H,86,90)(H,87,104)(H,88,105)(H,91,101)(H,92,106)/t57-,58-,59-,60-,61-/m0/s1. The van der Waals surface area contributed by atoms with Gasteiger partial charge in [-0.25, -0.2) is 26.8 Å². The average Bonchev–Trinajstić information content (AvgIpc) is 1.08. The molecule has 8 rings (SSSR count). The Bertz CT molecular complexity index is 5750. The van der Waals surface area contributed by atoms with Gasteiger partial charge in [0.05, 0.1) is 87.5 Å². The number of anilines is 2. The van der Waals surface area contributed by atoms with E-state index in [-0.39, 0.29) is 131 Å². The molecule has 4 heterocycles. The van der Waals surface area contributed by atoms with Crippen molar-refractivity contribution in [3.05, 3.63) is 163 Å². The van der Waals surface area contributed by atoms with Crippen molar-refractivity contribution in [2.75, 3.05) is 88.8 Å². The number of aryl methyl sites for hydroxylation is 8. The summed E-state index contributed by atoms with van der Waals surface area (Å²) < 4.78 is 147. The molecule has 0 aliphatic rings. The van der Waals surface area contributed by atoms with E-state index in [2.05, 4.69) is 72.6 Å². The molecule has 49 heteroatoms. The molecule has 20 N–H and O–H groups in total. The number of nitrogens with two attached hydrogens (primary N) is 1. The molecular weight excluding hydrogens is 1760 g/mol. The van der Waals surface area contributed by atoms with Gasteiger partial charge in [-0.1, -0.05) is 12.1 Å². The van der Waals surface area contributed by atoms with Gasteiger partial charge in [-0.2, -0.15) is 9.44 Å². The molecule has 0 aliphatic carbocycles. The second-order valence-electron chi connectivity index (χ2n) is 29.8. The average molecular weight is 1870 g/mol. The van der Waals surface area contributed by atoms with Gasteiger partial charge in [0.2, 0.25) is 78.2 Å². The summed E-state index contributed by atoms with van der Waals surface area (Å²) in [5, 5.41) is 26.0. The lowest BCUT2D eigenvalue weighted by Gasteiger charge is -2.27. The summed E-state index contributed by atoms with van der Waals surface area (Å²) >= 11 is 0. The van der Waals surface area contributed by atoms with Gasteiger partial charge in [0, 0.05) is 148 Å². The zero-order chi connectivity index (χ0) is 94.3. The SMILES string of the molecule is COC(=O)[C@H](CNC(=O)c1cn(C)c2cc(CNc3nccn3C)ccc2c1=O)NS(=O)(=O)c1c(C)cc(OCCCC(=O)NCCNC(=O)[C@H](CS(O)(O)O)NC(=O)CC[C@H](N)C(=O)N[C@@H](CS(O)(O)O)C(=O)NCCNC(=O)CCCOc2cc(C)c(S(=O)(=O)N[C@@H](CNC(=O)c3cn(C)c4cc(CNc5nccn5C)ccc4c3=O)C(=O)OC)c(C)c2)cc1C. The summed E-state index contributed by atoms with van der Waals surface area (Å²) in [4.78, 5) is 166. The molecule has 5 atom stereocenters. The number of aromatic nitrogens is 6. The Morgan fingerprint density at radius 1 is 0.469 bits per heavy atom. The Hall–Kier alpha value is -12.1. The predicted octanol–water partition coefficient (Wildman–Crippen LogP) is 0.822. The number of hydrogen-bond acceptors (Lipinski definition) is 31. The van der Waals surface area contributed by atoms with E-state index in [0.29, 0.717) is 36.0 Å². The largest absolute Gasteiger partial charge is 0.494 e. The molecule has 0 spiro atoms. The zero-order valence-corrected chi connectivity index (χ0v) is 74.9. The molecule has 4 aromatic carbocycles. The van der Waals surface area contributed by atoms with Crippen LogP contribution in [0.2, 0.25) is 0 Å². The maximum Gasteiger partial charge on any atom is 0.325 e. The molecule has 4 aromatic heterocycles. The van der Waals surface area contributed by atoms with Crippen molar-refractivity contribution in [2.24, 2.45) is 33.9 Å². The first kappa shape index (κ1) is 101. The van der Waals surface area contributed by atoms with Crippen LogP contribution in [0.1, 0.15) is 92.6 Å². The van der Waals surface area contributed by atoms with Crippen LogP contribution in [0.3, 0.4) is 0 Å². The number of carbonyl (C=O) groups excluding carboxylic acids is 10. The topological polar surface area (TPSA) is 647 Å². The molecule has 45 nitrogen and oxygen atoms in total. The highest BCUT2D eigenvalue weighted by atomic mass is 32.3. The molecule has 0 radical (unpaired) electrons. The van der Waals surface area contributed by atoms with Crippen LogP contribution in [-0.4, -0.2) is 240 Å². The fourth-order valence-corrected chi connectivity index (χ4v) is 18.0. The molecule has 128 heavy (non-hydrogen) atoms. The Kier molecular flexibility index (Phi) is 36.0. The number of imidazole rings is 2. The third-order valence-corrected chi connectivity index (χ3v) is 24.8. The lowest BCUT2D eigenvalue weighted by molar-refractivity contribution is -0.143. The van der Waals surface area contributed by atoms with Gasteiger partial charge in [-0.15, -0.1) is 0 Å². The highest BCUT2D eigenvalue weighted by Crippen LogP contribution is 2.35. The number of pyridine rings is 2. The van der Waals surface area contributed by atoms with E-state index < -0.39 is 179 Å². The van der Waals surface area contributed by atoms with E-state index in [1.165, 1.54) is 64.4 Å². The fourth-order valence-electron chi connectivity index (χ4n) is 13.4. The summed E-state index contributed by atoms with van der Waals surface area (Å²) in [5.74, 6) is -9.63. The number of hydrogen-bond donors (Lipinski definition) is 19. The molecule has 0 saturated carbocycles. The van der Waals surface area contributed by atoms with Crippen LogP contribution in [0.15, 0.2) is 117 Å². The zero-order valence-electron chi connectivity index (χ0n) is 71.6. The monoisotopic (exact) mass is 1870 g/mol. The number of fused-ring (bicyclic) bond motifs is 2. The number of sulfonamides is 2. The number of rotatable bonds is 48. The molecule has 0 aliphatic heterocycles. The Labute approximate surface area is 738 Å². The maximum atomic E-state index is 13.9. The van der Waals surface area contributed by atoms with Crippen LogP contribution in [0.4, 0.5) is 11.9 Å². The van der Waals surface area contributed by atoms with E-state index in [0.717, 1.165) is 25.3 Å². The highest BCUT2D eigenvalue weighted by molar-refractivity contribution is 8.19. The van der Waals surface area contributed by atoms with Crippen LogP contribution in [0.5, 0.6) is 11.5 Å². The number of nitrogens with zero attached hydrogens (tertiary/aromatic N) is 6. The number of methoxy groups -OCH3 is 2. The van der Waals surface area contributed by atoms with Gasteiger partial charge in [-0.05, 0) is 129 Å². The van der Waals surface area contributed by atoms with E-state index in [1.807, 2.05) is 14.1 Å². The van der Waals surface area contributed by atoms with Crippen molar-refractivity contribution >= 4 is 135 Å². The molecule has 698 valence electrons. The minimum Gasteiger partial charge on any atom is -0.494 e. The van der Waals surface area contributed by atoms with Crippen molar-refractivity contribution in [1.82, 2.24) is 80.2 Å². The number of benzene rings is 4. The van der Waals surface area contributed by atoms with Crippen molar-refractivity contribution < 1.29 is 111 Å². The number of amides is 8. The minimum absolute atomic E-state index is 0.0403. The first-order chi connectivity index (χ1) is 60.3. The number of nitrogens with one attached hydrogen (secondary N) is 12. The molecule has 0 bridgehead atoms. The third-order valence-electron chi connectivity index (χ3n) is 19.7. The third kappa shape index (κ3) is 29.2. The summed E-state index contributed by atoms with van der Waals surface area (Å²) in [6, 6.07) is 7.31. The van der Waals surface area contributed by atoms with Crippen molar-refractivity contribution in [3.8, 4) is 11.5 Å². The van der Waals surface area contributed by atoms with Crippen LogP contribution >= 0.6 is 21.7 Å². The van der Waals surface area contributed by atoms with E-state index in [1.54, 1.807) is 93.5 Å². The quantitative estimate of drug-likeness (QED) is 0.0185. The number of ether oxygens (including phenoxy) is 4. The number of esters is 2. The Balaban J connectivity index is 0.707. The second-order valence-corrected chi connectivity index (χ2v) is 36.3. The molecule has 0 saturated heterocycles. The lowest BCUT2D eigenvalue weighted by atomic mass is 10.1. The predicted molar refractivity (Wildman–Crippen MR) is 471 cm³/mol. The van der Waals surface area contributed by atoms with E-state index in [4.69, 9.17) is 24.7 Å². The summed E-state index contributed by atoms with van der Waals surface area (Å²) in [6.45, 7) is 4.42. The Morgan fingerprint density at radius 3 is 1.20 bits per heavy atom. The van der Waals surface area contributed by atoms with Crippen LogP contribution in [0.25, 0.3) is 21.8 Å². The van der Waals surface area contributed by atoms with E-state index >= 15 is 0 Å².